The van der Waals surface area contributed by atoms with Crippen molar-refractivity contribution < 1.29 is 9.53 Å². The smallest absolute Gasteiger partial charge is 0.271 e. The first-order valence-electron chi connectivity index (χ1n) is 11.1. The predicted molar refractivity (Wildman–Crippen MR) is 136 cm³/mol. The maximum atomic E-state index is 13.7. The number of aromatic nitrogens is 1. The number of nitrogens with zero attached hydrogens (tertiary/aromatic N) is 3. The van der Waals surface area contributed by atoms with Crippen molar-refractivity contribution in [2.45, 2.75) is 26.8 Å². The quantitative estimate of drug-likeness (QED) is 0.523. The summed E-state index contributed by atoms with van der Waals surface area (Å²) in [4.78, 5) is 34.4. The molecule has 6 nitrogen and oxygen atoms in total. The van der Waals surface area contributed by atoms with E-state index in [1.54, 1.807) is 28.7 Å². The van der Waals surface area contributed by atoms with Crippen LogP contribution in [0.1, 0.15) is 37.9 Å². The van der Waals surface area contributed by atoms with Gasteiger partial charge in [-0.25, -0.2) is 4.99 Å². The Morgan fingerprint density at radius 1 is 1.18 bits per heavy atom. The van der Waals surface area contributed by atoms with E-state index in [1.165, 1.54) is 11.3 Å². The Morgan fingerprint density at radius 3 is 2.50 bits per heavy atom. The molecule has 0 fully saturated rings. The Morgan fingerprint density at radius 2 is 1.85 bits per heavy atom. The molecule has 0 radical (unpaired) electrons. The molecule has 1 aromatic heterocycles. The second-order valence-corrected chi connectivity index (χ2v) is 9.30. The van der Waals surface area contributed by atoms with Crippen LogP contribution < -0.4 is 19.6 Å². The lowest BCUT2D eigenvalue weighted by Crippen LogP contribution is -2.43. The van der Waals surface area contributed by atoms with E-state index in [4.69, 9.17) is 21.3 Å². The number of hydrogen-bond acceptors (Lipinski definition) is 5. The SMILES string of the molecule is CCN(CC)C(=O)C1=C(C)N=c2s/c(=C/c3ccc(Cl)cc3)c(=O)n2[C@H]1c1ccccc1OC. The van der Waals surface area contributed by atoms with Crippen molar-refractivity contribution in [1.82, 2.24) is 9.47 Å². The third kappa shape index (κ3) is 4.33. The van der Waals surface area contributed by atoms with E-state index in [0.29, 0.717) is 44.5 Å². The summed E-state index contributed by atoms with van der Waals surface area (Å²) in [6.07, 6.45) is 1.82. The lowest BCUT2D eigenvalue weighted by molar-refractivity contribution is -0.127. The van der Waals surface area contributed by atoms with Crippen LogP contribution in [0.3, 0.4) is 0 Å². The van der Waals surface area contributed by atoms with Crippen LogP contribution in [0.4, 0.5) is 0 Å². The van der Waals surface area contributed by atoms with Gasteiger partial charge in [0.1, 0.15) is 11.8 Å². The maximum absolute atomic E-state index is 13.7. The molecule has 0 N–H and O–H groups in total. The summed E-state index contributed by atoms with van der Waals surface area (Å²) < 4.78 is 7.78. The van der Waals surface area contributed by atoms with Gasteiger partial charge in [0.15, 0.2) is 4.80 Å². The molecule has 4 rings (SSSR count). The molecule has 0 saturated heterocycles. The highest BCUT2D eigenvalue weighted by Gasteiger charge is 2.35. The van der Waals surface area contributed by atoms with E-state index in [0.717, 1.165) is 11.1 Å². The number of allylic oxidation sites excluding steroid dienone is 1. The Kier molecular flexibility index (Phi) is 7.05. The van der Waals surface area contributed by atoms with Crippen molar-refractivity contribution in [2.75, 3.05) is 20.2 Å². The monoisotopic (exact) mass is 495 g/mol. The lowest BCUT2D eigenvalue weighted by Gasteiger charge is -2.29. The Labute approximate surface area is 207 Å². The first-order chi connectivity index (χ1) is 16.4. The van der Waals surface area contributed by atoms with Crippen LogP contribution in [0.15, 0.2) is 69.6 Å². The number of amides is 1. The van der Waals surface area contributed by atoms with Gasteiger partial charge in [0.2, 0.25) is 0 Å². The first kappa shape index (κ1) is 24.0. The molecule has 8 heteroatoms. The van der Waals surface area contributed by atoms with Crippen molar-refractivity contribution in [2.24, 2.45) is 4.99 Å². The number of benzene rings is 2. The fraction of sp³-hybridized carbons (Fsp3) is 0.269. The van der Waals surface area contributed by atoms with Crippen LogP contribution in [0.2, 0.25) is 5.02 Å². The van der Waals surface area contributed by atoms with E-state index in [1.807, 2.05) is 63.2 Å². The minimum Gasteiger partial charge on any atom is -0.496 e. The number of halogens is 1. The van der Waals surface area contributed by atoms with Gasteiger partial charge in [-0.05, 0) is 50.6 Å². The molecular weight excluding hydrogens is 470 g/mol. The van der Waals surface area contributed by atoms with Gasteiger partial charge in [-0.15, -0.1) is 0 Å². The van der Waals surface area contributed by atoms with Crippen LogP contribution in [-0.4, -0.2) is 35.6 Å². The summed E-state index contributed by atoms with van der Waals surface area (Å²) in [5.74, 6) is 0.480. The molecule has 1 aliphatic heterocycles. The van der Waals surface area contributed by atoms with Crippen LogP contribution in [-0.2, 0) is 4.79 Å². The molecule has 1 amide bonds. The van der Waals surface area contributed by atoms with Crippen molar-refractivity contribution in [3.8, 4) is 5.75 Å². The highest BCUT2D eigenvalue weighted by molar-refractivity contribution is 7.07. The molecule has 0 spiro atoms. The molecule has 3 aromatic rings. The molecule has 1 aliphatic rings. The van der Waals surface area contributed by atoms with Crippen LogP contribution in [0.25, 0.3) is 6.08 Å². The van der Waals surface area contributed by atoms with Gasteiger partial charge in [0, 0.05) is 23.7 Å². The van der Waals surface area contributed by atoms with Gasteiger partial charge in [0.05, 0.1) is 22.9 Å². The average molecular weight is 496 g/mol. The molecule has 34 heavy (non-hydrogen) atoms. The molecule has 2 aromatic carbocycles. The zero-order valence-corrected chi connectivity index (χ0v) is 21.1. The topological polar surface area (TPSA) is 63.9 Å². The van der Waals surface area contributed by atoms with Gasteiger partial charge < -0.3 is 9.64 Å². The fourth-order valence-corrected chi connectivity index (χ4v) is 5.35. The predicted octanol–water partition coefficient (Wildman–Crippen LogP) is 3.77. The van der Waals surface area contributed by atoms with E-state index in [-0.39, 0.29) is 11.5 Å². The van der Waals surface area contributed by atoms with Crippen LogP contribution in [0.5, 0.6) is 5.75 Å². The highest BCUT2D eigenvalue weighted by Crippen LogP contribution is 2.35. The molecule has 0 unspecified atom stereocenters. The molecule has 0 saturated carbocycles. The summed E-state index contributed by atoms with van der Waals surface area (Å²) in [5.41, 5.74) is 2.49. The minimum atomic E-state index is -0.645. The standard InChI is InChI=1S/C26H26ClN3O3S/c1-5-29(6-2)25(32)22-16(3)28-26-30(23(22)19-9-7-8-10-20(19)33-4)24(31)21(34-26)15-17-11-13-18(27)14-12-17/h7-15,23H,5-6H2,1-4H3/b21-15+/t23-/m0/s1. The van der Waals surface area contributed by atoms with Gasteiger partial charge in [0.25, 0.3) is 11.5 Å². The number of rotatable bonds is 6. The van der Waals surface area contributed by atoms with Gasteiger partial charge >= 0.3 is 0 Å². The van der Waals surface area contributed by atoms with Crippen molar-refractivity contribution >= 4 is 34.9 Å². The minimum absolute atomic E-state index is 0.130. The Hall–Kier alpha value is -3.16. The van der Waals surface area contributed by atoms with E-state index in [2.05, 4.69) is 0 Å². The lowest BCUT2D eigenvalue weighted by atomic mass is 9.94. The number of fused-ring (bicyclic) bond motifs is 1. The molecule has 0 aliphatic carbocycles. The average Bonchev–Trinajstić information content (AvgIpc) is 3.14. The van der Waals surface area contributed by atoms with Gasteiger partial charge in [-0.3, -0.25) is 14.2 Å². The largest absolute Gasteiger partial charge is 0.496 e. The number of methoxy groups -OCH3 is 1. The Balaban J connectivity index is 1.99. The normalized spacial score (nSPS) is 15.7. The summed E-state index contributed by atoms with van der Waals surface area (Å²) in [7, 11) is 1.59. The molecular formula is C26H26ClN3O3S. The second-order valence-electron chi connectivity index (χ2n) is 7.85. The zero-order chi connectivity index (χ0) is 24.4. The van der Waals surface area contributed by atoms with E-state index in [9.17, 15) is 9.59 Å². The third-order valence-corrected chi connectivity index (χ3v) is 7.14. The molecule has 1 atom stereocenters. The molecule has 2 heterocycles. The molecule has 0 bridgehead atoms. The zero-order valence-electron chi connectivity index (χ0n) is 19.5. The summed E-state index contributed by atoms with van der Waals surface area (Å²) in [6, 6.07) is 14.1. The fourth-order valence-electron chi connectivity index (χ4n) is 4.17. The summed E-state index contributed by atoms with van der Waals surface area (Å²) in [5, 5.41) is 0.630. The third-order valence-electron chi connectivity index (χ3n) is 5.90. The van der Waals surface area contributed by atoms with Crippen LogP contribution in [0, 0.1) is 0 Å². The van der Waals surface area contributed by atoms with E-state index < -0.39 is 6.04 Å². The maximum Gasteiger partial charge on any atom is 0.271 e. The highest BCUT2D eigenvalue weighted by atomic mass is 35.5. The van der Waals surface area contributed by atoms with Gasteiger partial charge in [-0.1, -0.05) is 53.3 Å². The summed E-state index contributed by atoms with van der Waals surface area (Å²) in [6.45, 7) is 6.83. The number of carbonyl (C=O) groups is 1. The first-order valence-corrected chi connectivity index (χ1v) is 12.3. The van der Waals surface area contributed by atoms with Gasteiger partial charge in [-0.2, -0.15) is 0 Å². The second kappa shape index (κ2) is 9.99. The van der Waals surface area contributed by atoms with E-state index >= 15 is 0 Å². The number of thiazole rings is 1. The summed E-state index contributed by atoms with van der Waals surface area (Å²) >= 11 is 7.32. The van der Waals surface area contributed by atoms with Crippen molar-refractivity contribution in [1.29, 1.82) is 0 Å². The number of hydrogen-bond donors (Lipinski definition) is 0. The van der Waals surface area contributed by atoms with Crippen molar-refractivity contribution in [3.05, 3.63) is 95.6 Å². The van der Waals surface area contributed by atoms with Crippen molar-refractivity contribution in [3.63, 3.8) is 0 Å². The molecule has 176 valence electrons. The Bertz CT molecular complexity index is 1430. The number of para-hydroxylation sites is 1. The van der Waals surface area contributed by atoms with Crippen LogP contribution >= 0.6 is 22.9 Å². The number of carbonyl (C=O) groups excluding carboxylic acids is 1. The number of likely N-dealkylation sites (N-methyl/N-ethyl adjacent to an activating group) is 1. The number of ether oxygens (including phenoxy) is 1.